The lowest BCUT2D eigenvalue weighted by Crippen LogP contribution is -2.43. The second kappa shape index (κ2) is 13.3. The lowest BCUT2D eigenvalue weighted by molar-refractivity contribution is -0.123. The van der Waals surface area contributed by atoms with Crippen LogP contribution in [0.4, 0.5) is 0 Å². The number of hydrogen-bond donors (Lipinski definition) is 3. The van der Waals surface area contributed by atoms with E-state index in [0.29, 0.717) is 12.5 Å². The second-order valence-corrected chi connectivity index (χ2v) is 8.28. The fourth-order valence-electron chi connectivity index (χ4n) is 3.15. The van der Waals surface area contributed by atoms with Crippen molar-refractivity contribution < 1.29 is 4.79 Å². The number of aliphatic imine (C=N–C) groups is 1. The third-order valence-electron chi connectivity index (χ3n) is 4.73. The van der Waals surface area contributed by atoms with Crippen LogP contribution in [0.2, 0.25) is 0 Å². The molecule has 1 saturated heterocycles. The summed E-state index contributed by atoms with van der Waals surface area (Å²) in [5, 5.41) is 9.84. The minimum absolute atomic E-state index is 0. The molecule has 1 fully saturated rings. The highest BCUT2D eigenvalue weighted by Crippen LogP contribution is 2.18. The first kappa shape index (κ1) is 25.1. The van der Waals surface area contributed by atoms with Gasteiger partial charge in [0.15, 0.2) is 5.96 Å². The van der Waals surface area contributed by atoms with Crippen molar-refractivity contribution >= 4 is 47.2 Å². The molecule has 0 bridgehead atoms. The number of aromatic nitrogens is 1. The van der Waals surface area contributed by atoms with Gasteiger partial charge >= 0.3 is 0 Å². The number of nitrogens with zero attached hydrogens (tertiary/aromatic N) is 3. The van der Waals surface area contributed by atoms with E-state index in [2.05, 4.69) is 51.7 Å². The van der Waals surface area contributed by atoms with Gasteiger partial charge in [0.2, 0.25) is 5.91 Å². The van der Waals surface area contributed by atoms with Crippen LogP contribution in [-0.2, 0) is 11.3 Å². The number of nitrogens with two attached hydrogens (primary N) is 1. The highest BCUT2D eigenvalue weighted by atomic mass is 127. The number of carbonyl (C=O) groups excluding carboxylic acids is 1. The van der Waals surface area contributed by atoms with Crippen molar-refractivity contribution in [1.82, 2.24) is 20.5 Å². The van der Waals surface area contributed by atoms with Crippen LogP contribution in [0.25, 0.3) is 0 Å². The molecule has 0 aliphatic carbocycles. The molecule has 28 heavy (non-hydrogen) atoms. The first-order chi connectivity index (χ1) is 13.0. The number of carbonyl (C=O) groups is 1. The molecule has 0 aromatic carbocycles. The Morgan fingerprint density at radius 2 is 2.25 bits per heavy atom. The maximum absolute atomic E-state index is 11.4. The van der Waals surface area contributed by atoms with Crippen molar-refractivity contribution in [2.45, 2.75) is 52.5 Å². The average Bonchev–Trinajstić information content (AvgIpc) is 3.12. The summed E-state index contributed by atoms with van der Waals surface area (Å²) in [6.45, 7) is 11.5. The summed E-state index contributed by atoms with van der Waals surface area (Å²) in [6, 6.07) is 0. The Morgan fingerprint density at radius 1 is 1.46 bits per heavy atom. The number of halogens is 1. The van der Waals surface area contributed by atoms with Crippen LogP contribution in [0.5, 0.6) is 0 Å². The van der Waals surface area contributed by atoms with E-state index in [9.17, 15) is 4.79 Å². The third-order valence-corrected chi connectivity index (χ3v) is 5.58. The molecule has 1 unspecified atom stereocenters. The molecule has 0 radical (unpaired) electrons. The van der Waals surface area contributed by atoms with Crippen molar-refractivity contribution in [1.29, 1.82) is 0 Å². The fourth-order valence-corrected chi connectivity index (χ4v) is 4.03. The Hall–Kier alpha value is -0.940. The van der Waals surface area contributed by atoms with Crippen LogP contribution in [-0.4, -0.2) is 54.5 Å². The standard InChI is InChI=1S/C19H34N6OS.HI/c1-4-21-19(23-11-17-24-16(13-27-17)14(2)3)22-8-6-10-25-9-5-7-15(12-25)18(20)26;/h13-15H,4-12H2,1-3H3,(H2,20,26)(H2,21,22,23);1H. The van der Waals surface area contributed by atoms with E-state index in [-0.39, 0.29) is 35.8 Å². The minimum atomic E-state index is -0.165. The van der Waals surface area contributed by atoms with Gasteiger partial charge in [-0.2, -0.15) is 0 Å². The number of thiazole rings is 1. The molecule has 0 spiro atoms. The van der Waals surface area contributed by atoms with Gasteiger partial charge < -0.3 is 21.3 Å². The lowest BCUT2D eigenvalue weighted by atomic mass is 9.97. The topological polar surface area (TPSA) is 95.6 Å². The van der Waals surface area contributed by atoms with E-state index in [1.165, 1.54) is 0 Å². The van der Waals surface area contributed by atoms with Gasteiger partial charge in [-0.05, 0) is 45.2 Å². The largest absolute Gasteiger partial charge is 0.369 e. The summed E-state index contributed by atoms with van der Waals surface area (Å²) in [5.41, 5.74) is 6.59. The summed E-state index contributed by atoms with van der Waals surface area (Å²) in [6.07, 6.45) is 2.98. The molecular formula is C19H35IN6OS. The van der Waals surface area contributed by atoms with E-state index in [4.69, 9.17) is 5.73 Å². The highest BCUT2D eigenvalue weighted by Gasteiger charge is 2.23. The minimum Gasteiger partial charge on any atom is -0.369 e. The van der Waals surface area contributed by atoms with Gasteiger partial charge in [0.1, 0.15) is 5.01 Å². The quantitative estimate of drug-likeness (QED) is 0.201. The molecule has 2 rings (SSSR count). The van der Waals surface area contributed by atoms with Crippen LogP contribution in [0.15, 0.2) is 10.4 Å². The normalized spacial score (nSPS) is 18.0. The molecule has 160 valence electrons. The molecule has 1 atom stereocenters. The van der Waals surface area contributed by atoms with E-state index in [1.807, 2.05) is 0 Å². The van der Waals surface area contributed by atoms with Crippen LogP contribution in [0.1, 0.15) is 56.7 Å². The number of rotatable bonds is 9. The van der Waals surface area contributed by atoms with Gasteiger partial charge in [-0.3, -0.25) is 4.79 Å². The highest BCUT2D eigenvalue weighted by molar-refractivity contribution is 14.0. The summed E-state index contributed by atoms with van der Waals surface area (Å²) in [4.78, 5) is 23.0. The molecule has 4 N–H and O–H groups in total. The number of hydrogen-bond acceptors (Lipinski definition) is 5. The van der Waals surface area contributed by atoms with E-state index < -0.39 is 0 Å². The Bertz CT molecular complexity index is 621. The van der Waals surface area contributed by atoms with Crippen LogP contribution in [0, 0.1) is 5.92 Å². The van der Waals surface area contributed by atoms with Crippen molar-refractivity contribution in [2.75, 3.05) is 32.7 Å². The van der Waals surface area contributed by atoms with Crippen LogP contribution < -0.4 is 16.4 Å². The van der Waals surface area contributed by atoms with Crippen molar-refractivity contribution in [3.8, 4) is 0 Å². The van der Waals surface area contributed by atoms with Crippen LogP contribution in [0.3, 0.4) is 0 Å². The number of amides is 1. The second-order valence-electron chi connectivity index (χ2n) is 7.34. The average molecular weight is 523 g/mol. The van der Waals surface area contributed by atoms with Crippen LogP contribution >= 0.6 is 35.3 Å². The van der Waals surface area contributed by atoms with E-state index in [0.717, 1.165) is 68.6 Å². The Morgan fingerprint density at radius 3 is 2.89 bits per heavy atom. The van der Waals surface area contributed by atoms with Crippen molar-refractivity contribution in [3.05, 3.63) is 16.1 Å². The zero-order valence-electron chi connectivity index (χ0n) is 17.2. The maximum atomic E-state index is 11.4. The number of primary amides is 1. The molecule has 1 aliphatic heterocycles. The Labute approximate surface area is 190 Å². The smallest absolute Gasteiger partial charge is 0.221 e. The first-order valence-corrected chi connectivity index (χ1v) is 10.9. The number of guanidine groups is 1. The first-order valence-electron chi connectivity index (χ1n) is 9.97. The zero-order valence-corrected chi connectivity index (χ0v) is 20.4. The monoisotopic (exact) mass is 522 g/mol. The summed E-state index contributed by atoms with van der Waals surface area (Å²) >= 11 is 1.67. The number of nitrogens with one attached hydrogen (secondary N) is 2. The fraction of sp³-hybridized carbons (Fsp3) is 0.737. The van der Waals surface area contributed by atoms with Gasteiger partial charge in [0, 0.05) is 25.0 Å². The molecule has 2 heterocycles. The molecule has 1 aromatic rings. The zero-order chi connectivity index (χ0) is 19.6. The van der Waals surface area contributed by atoms with Gasteiger partial charge in [-0.15, -0.1) is 35.3 Å². The SMILES string of the molecule is CCNC(=NCc1nc(C(C)C)cs1)NCCCN1CCCC(C(N)=O)C1.I. The number of piperidine rings is 1. The lowest BCUT2D eigenvalue weighted by Gasteiger charge is -2.31. The van der Waals surface area contributed by atoms with E-state index >= 15 is 0 Å². The molecule has 0 saturated carbocycles. The predicted octanol–water partition coefficient (Wildman–Crippen LogP) is 2.53. The number of likely N-dealkylation sites (tertiary alicyclic amines) is 1. The van der Waals surface area contributed by atoms with E-state index in [1.54, 1.807) is 11.3 Å². The van der Waals surface area contributed by atoms with Gasteiger partial charge in [0.05, 0.1) is 18.2 Å². The van der Waals surface area contributed by atoms with Gasteiger partial charge in [-0.1, -0.05) is 13.8 Å². The summed E-state index contributed by atoms with van der Waals surface area (Å²) < 4.78 is 0. The molecule has 1 aromatic heterocycles. The molecule has 1 amide bonds. The van der Waals surface area contributed by atoms with Gasteiger partial charge in [-0.25, -0.2) is 9.98 Å². The third kappa shape index (κ3) is 8.60. The predicted molar refractivity (Wildman–Crippen MR) is 127 cm³/mol. The molecular weight excluding hydrogens is 487 g/mol. The van der Waals surface area contributed by atoms with Crippen molar-refractivity contribution in [3.63, 3.8) is 0 Å². The summed E-state index contributed by atoms with van der Waals surface area (Å²) in [7, 11) is 0. The van der Waals surface area contributed by atoms with Gasteiger partial charge in [0.25, 0.3) is 0 Å². The molecule has 7 nitrogen and oxygen atoms in total. The molecule has 9 heteroatoms. The Balaban J connectivity index is 0.00000392. The maximum Gasteiger partial charge on any atom is 0.221 e. The summed E-state index contributed by atoms with van der Waals surface area (Å²) in [5.74, 6) is 1.13. The Kier molecular flexibility index (Phi) is 11.9. The molecule has 1 aliphatic rings. The van der Waals surface area contributed by atoms with Crippen molar-refractivity contribution in [2.24, 2.45) is 16.6 Å².